The minimum atomic E-state index is -3.82. The fraction of sp³-hybridized carbons (Fsp3) is 0.467. The second-order valence-electron chi connectivity index (χ2n) is 5.54. The lowest BCUT2D eigenvalue weighted by atomic mass is 9.99. The summed E-state index contributed by atoms with van der Waals surface area (Å²) in [5.74, 6) is -0.594. The Hall–Kier alpha value is -1.66. The monoisotopic (exact) mass is 370 g/mol. The fourth-order valence-corrected chi connectivity index (χ4v) is 4.68. The predicted octanol–water partition coefficient (Wildman–Crippen LogP) is 0.687. The van der Waals surface area contributed by atoms with Crippen molar-refractivity contribution in [1.29, 1.82) is 5.26 Å². The zero-order valence-corrected chi connectivity index (χ0v) is 14.6. The van der Waals surface area contributed by atoms with Crippen LogP contribution in [0.25, 0.3) is 0 Å². The molecule has 7 nitrogen and oxygen atoms in total. The summed E-state index contributed by atoms with van der Waals surface area (Å²) in [5.41, 5.74) is 5.65. The maximum absolute atomic E-state index is 12.8. The first-order valence-corrected chi connectivity index (χ1v) is 9.39. The van der Waals surface area contributed by atoms with Crippen LogP contribution >= 0.6 is 11.6 Å². The maximum Gasteiger partial charge on any atom is 0.244 e. The summed E-state index contributed by atoms with van der Waals surface area (Å²) < 4.78 is 26.9. The zero-order valence-electron chi connectivity index (χ0n) is 13.0. The highest BCUT2D eigenvalue weighted by Crippen LogP contribution is 2.29. The largest absolute Gasteiger partial charge is 0.355 e. The molecule has 1 aliphatic rings. The number of hydrogen-bond donors (Lipinski definition) is 2. The van der Waals surface area contributed by atoms with Crippen molar-refractivity contribution < 1.29 is 13.2 Å². The average molecular weight is 371 g/mol. The molecule has 1 aromatic carbocycles. The number of nitrogens with two attached hydrogens (primary N) is 1. The summed E-state index contributed by atoms with van der Waals surface area (Å²) in [6.07, 6.45) is 1.22. The van der Waals surface area contributed by atoms with Gasteiger partial charge in [0.2, 0.25) is 15.9 Å². The van der Waals surface area contributed by atoms with E-state index in [9.17, 15) is 13.2 Å². The van der Waals surface area contributed by atoms with Gasteiger partial charge in [0.05, 0.1) is 22.6 Å². The number of carbonyl (C=O) groups excluding carboxylic acids is 1. The Kier molecular flexibility index (Phi) is 6.18. The Labute approximate surface area is 146 Å². The van der Waals surface area contributed by atoms with Gasteiger partial charge < -0.3 is 11.1 Å². The molecule has 3 N–H and O–H groups in total. The molecular weight excluding hydrogens is 352 g/mol. The van der Waals surface area contributed by atoms with Gasteiger partial charge in [0.15, 0.2) is 0 Å². The van der Waals surface area contributed by atoms with Crippen LogP contribution in [0.4, 0.5) is 0 Å². The summed E-state index contributed by atoms with van der Waals surface area (Å²) in [4.78, 5) is 12.0. The normalized spacial score (nSPS) is 18.8. The molecule has 1 fully saturated rings. The van der Waals surface area contributed by atoms with Crippen molar-refractivity contribution in [2.75, 3.05) is 26.2 Å². The molecule has 2 rings (SSSR count). The summed E-state index contributed by atoms with van der Waals surface area (Å²) in [5, 5.41) is 11.5. The lowest BCUT2D eigenvalue weighted by molar-refractivity contribution is -0.126. The number of piperidine rings is 1. The number of nitrogens with one attached hydrogen (secondary N) is 1. The third-order valence-corrected chi connectivity index (χ3v) is 6.23. The molecule has 0 saturated carbocycles. The number of amides is 1. The Balaban J connectivity index is 2.20. The van der Waals surface area contributed by atoms with Crippen molar-refractivity contribution in [3.8, 4) is 6.07 Å². The van der Waals surface area contributed by atoms with E-state index >= 15 is 0 Å². The number of nitriles is 1. The van der Waals surface area contributed by atoms with E-state index in [0.29, 0.717) is 32.5 Å². The first kappa shape index (κ1) is 18.7. The Morgan fingerprint density at radius 3 is 2.88 bits per heavy atom. The van der Waals surface area contributed by atoms with Crippen molar-refractivity contribution in [2.45, 2.75) is 17.7 Å². The molecule has 1 aromatic rings. The highest BCUT2D eigenvalue weighted by atomic mass is 35.5. The molecule has 1 aliphatic heterocycles. The van der Waals surface area contributed by atoms with Gasteiger partial charge in [0, 0.05) is 26.2 Å². The van der Waals surface area contributed by atoms with Crippen LogP contribution < -0.4 is 11.1 Å². The summed E-state index contributed by atoms with van der Waals surface area (Å²) in [6.45, 7) is 1.14. The van der Waals surface area contributed by atoms with E-state index < -0.39 is 15.9 Å². The standard InChI is InChI=1S/C15H19ClN4O3S/c16-13-8-11(9-18)3-4-14(13)24(22,23)20-7-1-2-12(10-20)15(21)19-6-5-17/h3-4,8,12H,1-2,5-7,10,17H2,(H,19,21). The molecule has 0 bridgehead atoms. The summed E-state index contributed by atoms with van der Waals surface area (Å²) >= 11 is 6.03. The quantitative estimate of drug-likeness (QED) is 0.790. The number of carbonyl (C=O) groups is 1. The van der Waals surface area contributed by atoms with Gasteiger partial charge in [-0.3, -0.25) is 4.79 Å². The van der Waals surface area contributed by atoms with Crippen LogP contribution in [-0.2, 0) is 14.8 Å². The molecule has 1 saturated heterocycles. The van der Waals surface area contributed by atoms with Crippen molar-refractivity contribution >= 4 is 27.5 Å². The first-order valence-electron chi connectivity index (χ1n) is 7.57. The predicted molar refractivity (Wildman–Crippen MR) is 89.7 cm³/mol. The van der Waals surface area contributed by atoms with Crippen molar-refractivity contribution in [2.24, 2.45) is 11.7 Å². The van der Waals surface area contributed by atoms with Crippen LogP contribution in [-0.4, -0.2) is 44.8 Å². The van der Waals surface area contributed by atoms with Gasteiger partial charge in [0.1, 0.15) is 4.90 Å². The SMILES string of the molecule is N#Cc1ccc(S(=O)(=O)N2CCCC(C(=O)NCCN)C2)c(Cl)c1. The van der Waals surface area contributed by atoms with E-state index in [1.807, 2.05) is 6.07 Å². The lowest BCUT2D eigenvalue weighted by Gasteiger charge is -2.31. The molecule has 1 amide bonds. The van der Waals surface area contributed by atoms with Crippen LogP contribution in [0.3, 0.4) is 0 Å². The third-order valence-electron chi connectivity index (χ3n) is 3.88. The fourth-order valence-electron chi connectivity index (χ4n) is 2.63. The van der Waals surface area contributed by atoms with Gasteiger partial charge in [-0.15, -0.1) is 0 Å². The van der Waals surface area contributed by atoms with Crippen LogP contribution in [0.2, 0.25) is 5.02 Å². The van der Waals surface area contributed by atoms with E-state index in [-0.39, 0.29) is 27.9 Å². The van der Waals surface area contributed by atoms with E-state index in [2.05, 4.69) is 5.32 Å². The van der Waals surface area contributed by atoms with Crippen LogP contribution in [0.1, 0.15) is 18.4 Å². The minimum absolute atomic E-state index is 0.00348. The highest BCUT2D eigenvalue weighted by molar-refractivity contribution is 7.89. The van der Waals surface area contributed by atoms with Gasteiger partial charge in [-0.05, 0) is 31.0 Å². The minimum Gasteiger partial charge on any atom is -0.355 e. The van der Waals surface area contributed by atoms with Gasteiger partial charge >= 0.3 is 0 Å². The molecule has 1 unspecified atom stereocenters. The van der Waals surface area contributed by atoms with Crippen molar-refractivity contribution in [3.05, 3.63) is 28.8 Å². The Bertz CT molecular complexity index is 760. The number of halogens is 1. The van der Waals surface area contributed by atoms with E-state index in [1.165, 1.54) is 22.5 Å². The molecule has 1 heterocycles. The van der Waals surface area contributed by atoms with E-state index in [1.54, 1.807) is 0 Å². The molecule has 1 atom stereocenters. The van der Waals surface area contributed by atoms with Crippen LogP contribution in [0.5, 0.6) is 0 Å². The molecule has 9 heteroatoms. The van der Waals surface area contributed by atoms with Gasteiger partial charge in [-0.1, -0.05) is 11.6 Å². The van der Waals surface area contributed by atoms with Gasteiger partial charge in [-0.25, -0.2) is 8.42 Å². The molecule has 0 aromatic heterocycles. The Morgan fingerprint density at radius 1 is 1.50 bits per heavy atom. The summed E-state index contributed by atoms with van der Waals surface area (Å²) in [7, 11) is -3.82. The van der Waals surface area contributed by atoms with Crippen LogP contribution in [0.15, 0.2) is 23.1 Å². The van der Waals surface area contributed by atoms with E-state index in [4.69, 9.17) is 22.6 Å². The topological polar surface area (TPSA) is 116 Å². The molecule has 0 radical (unpaired) electrons. The average Bonchev–Trinajstić information content (AvgIpc) is 2.59. The van der Waals surface area contributed by atoms with E-state index in [0.717, 1.165) is 0 Å². The Morgan fingerprint density at radius 2 is 2.25 bits per heavy atom. The number of benzene rings is 1. The molecule has 0 spiro atoms. The number of sulfonamides is 1. The van der Waals surface area contributed by atoms with Crippen LogP contribution in [0, 0.1) is 17.2 Å². The summed E-state index contributed by atoms with van der Waals surface area (Å²) in [6, 6.07) is 5.97. The number of nitrogens with zero attached hydrogens (tertiary/aromatic N) is 2. The molecule has 130 valence electrons. The van der Waals surface area contributed by atoms with Gasteiger partial charge in [0.25, 0.3) is 0 Å². The highest BCUT2D eigenvalue weighted by Gasteiger charge is 2.34. The number of rotatable bonds is 5. The number of hydrogen-bond acceptors (Lipinski definition) is 5. The van der Waals surface area contributed by atoms with Gasteiger partial charge in [-0.2, -0.15) is 9.57 Å². The smallest absolute Gasteiger partial charge is 0.244 e. The van der Waals surface area contributed by atoms with Crippen molar-refractivity contribution in [1.82, 2.24) is 9.62 Å². The molecule has 24 heavy (non-hydrogen) atoms. The zero-order chi connectivity index (χ0) is 17.7. The second kappa shape index (κ2) is 7.94. The first-order chi connectivity index (χ1) is 11.4. The molecular formula is C15H19ClN4O3S. The lowest BCUT2D eigenvalue weighted by Crippen LogP contribution is -2.46. The van der Waals surface area contributed by atoms with Crippen molar-refractivity contribution in [3.63, 3.8) is 0 Å². The maximum atomic E-state index is 12.8. The second-order valence-corrected chi connectivity index (χ2v) is 7.85. The molecule has 0 aliphatic carbocycles. The third kappa shape index (κ3) is 4.05.